The third-order valence-corrected chi connectivity index (χ3v) is 4.75. The second-order valence-corrected chi connectivity index (χ2v) is 6.80. The van der Waals surface area contributed by atoms with Gasteiger partial charge >= 0.3 is 0 Å². The summed E-state index contributed by atoms with van der Waals surface area (Å²) in [6, 6.07) is 8.02. The first-order valence-corrected chi connectivity index (χ1v) is 8.70. The number of hydrogen-bond acceptors (Lipinski definition) is 6. The number of aromatic nitrogens is 4. The van der Waals surface area contributed by atoms with Crippen molar-refractivity contribution in [2.75, 3.05) is 24.3 Å². The number of nitrogens with zero attached hydrogens (tertiary/aromatic N) is 5. The van der Waals surface area contributed by atoms with Gasteiger partial charge in [0.15, 0.2) is 5.69 Å². The van der Waals surface area contributed by atoms with Gasteiger partial charge in [0.25, 0.3) is 5.91 Å². The van der Waals surface area contributed by atoms with Crippen LogP contribution in [-0.2, 0) is 19.9 Å². The number of benzene rings is 1. The maximum Gasteiger partial charge on any atom is 0.269 e. The number of aryl methyl sites for hydroxylation is 2. The molecule has 138 valence electrons. The fraction of sp³-hybridized carbons (Fsp3) is 0.263. The third kappa shape index (κ3) is 2.99. The van der Waals surface area contributed by atoms with Gasteiger partial charge in [0.05, 0.1) is 11.4 Å². The molecule has 3 N–H and O–H groups in total. The van der Waals surface area contributed by atoms with Gasteiger partial charge in [0.2, 0.25) is 5.95 Å². The van der Waals surface area contributed by atoms with Gasteiger partial charge in [-0.3, -0.25) is 9.48 Å². The number of carbonyl (C=O) groups is 1. The fourth-order valence-electron chi connectivity index (χ4n) is 3.39. The number of hydrogen-bond donors (Lipinski definition) is 2. The van der Waals surface area contributed by atoms with E-state index in [2.05, 4.69) is 15.4 Å². The Kier molecular flexibility index (Phi) is 4.02. The van der Waals surface area contributed by atoms with Crippen molar-refractivity contribution in [1.82, 2.24) is 19.7 Å². The molecule has 2 aromatic heterocycles. The van der Waals surface area contributed by atoms with Crippen molar-refractivity contribution < 1.29 is 4.79 Å². The van der Waals surface area contributed by atoms with Crippen LogP contribution in [0.15, 0.2) is 30.5 Å². The van der Waals surface area contributed by atoms with Crippen LogP contribution in [0.2, 0.25) is 0 Å². The lowest BCUT2D eigenvalue weighted by atomic mass is 9.93. The summed E-state index contributed by atoms with van der Waals surface area (Å²) in [5, 5.41) is 7.53. The molecule has 0 unspecified atom stereocenters. The molecule has 0 bridgehead atoms. The number of nitrogens with two attached hydrogens (primary N) is 1. The van der Waals surface area contributed by atoms with Crippen LogP contribution >= 0.6 is 0 Å². The van der Waals surface area contributed by atoms with Crippen LogP contribution in [0.1, 0.15) is 21.6 Å². The average Bonchev–Trinajstić information content (AvgIpc) is 2.99. The molecule has 0 fully saturated rings. The number of rotatable bonds is 4. The molecule has 1 aliphatic rings. The summed E-state index contributed by atoms with van der Waals surface area (Å²) in [6.45, 7) is 0. The summed E-state index contributed by atoms with van der Waals surface area (Å²) in [4.78, 5) is 22.9. The molecule has 0 radical (unpaired) electrons. The Morgan fingerprint density at radius 3 is 2.63 bits per heavy atom. The first kappa shape index (κ1) is 17.0. The molecule has 2 heterocycles. The monoisotopic (exact) mass is 363 g/mol. The Morgan fingerprint density at radius 2 is 1.96 bits per heavy atom. The Labute approximate surface area is 157 Å². The molecule has 1 aromatic carbocycles. The number of carbonyl (C=O) groups excluding carboxylic acids is 1. The van der Waals surface area contributed by atoms with Crippen molar-refractivity contribution >= 4 is 23.2 Å². The predicted octanol–water partition coefficient (Wildman–Crippen LogP) is 1.88. The largest absolute Gasteiger partial charge is 0.378 e. The second kappa shape index (κ2) is 6.39. The normalized spacial score (nSPS) is 12.3. The minimum Gasteiger partial charge on any atom is -0.378 e. The van der Waals surface area contributed by atoms with E-state index >= 15 is 0 Å². The highest BCUT2D eigenvalue weighted by atomic mass is 16.1. The molecule has 0 atom stereocenters. The average molecular weight is 363 g/mol. The maximum atomic E-state index is 11.7. The van der Waals surface area contributed by atoms with Gasteiger partial charge < -0.3 is 16.0 Å². The van der Waals surface area contributed by atoms with E-state index in [1.54, 1.807) is 11.7 Å². The standard InChI is InChI=1S/C19H21N7O/c1-25(2)13-7-5-12(6-8-13)22-19-21-10-11-4-9-14-16(18(20)27)24-26(3)17(14)15(11)23-19/h5-8,10H,4,9H2,1-3H3,(H2,20,27)(H,21,22,23). The number of primary amides is 1. The number of amides is 1. The molecule has 3 aromatic rings. The van der Waals surface area contributed by atoms with Crippen LogP contribution in [-0.4, -0.2) is 39.8 Å². The zero-order valence-electron chi connectivity index (χ0n) is 15.5. The number of fused-ring (bicyclic) bond motifs is 3. The van der Waals surface area contributed by atoms with Gasteiger partial charge in [-0.05, 0) is 42.7 Å². The minimum absolute atomic E-state index is 0.325. The van der Waals surface area contributed by atoms with E-state index in [-0.39, 0.29) is 0 Å². The van der Waals surface area contributed by atoms with Crippen LogP contribution in [0.5, 0.6) is 0 Å². The second-order valence-electron chi connectivity index (χ2n) is 6.80. The van der Waals surface area contributed by atoms with Crippen molar-refractivity contribution in [3.63, 3.8) is 0 Å². The first-order valence-electron chi connectivity index (χ1n) is 8.70. The zero-order chi connectivity index (χ0) is 19.1. The van der Waals surface area contributed by atoms with E-state index in [9.17, 15) is 4.79 Å². The molecular weight excluding hydrogens is 342 g/mol. The summed E-state index contributed by atoms with van der Waals surface area (Å²) in [7, 11) is 5.80. The van der Waals surface area contributed by atoms with E-state index in [1.807, 2.05) is 49.5 Å². The van der Waals surface area contributed by atoms with Gasteiger partial charge in [0, 0.05) is 44.3 Å². The topological polar surface area (TPSA) is 102 Å². The SMILES string of the molecule is CN(C)c1ccc(Nc2ncc3c(n2)-c2c(c(C(N)=O)nn2C)CC3)cc1. The molecule has 0 spiro atoms. The number of nitrogens with one attached hydrogen (secondary N) is 1. The Morgan fingerprint density at radius 1 is 1.22 bits per heavy atom. The van der Waals surface area contributed by atoms with Gasteiger partial charge in [-0.1, -0.05) is 0 Å². The van der Waals surface area contributed by atoms with Crippen molar-refractivity contribution in [2.24, 2.45) is 12.8 Å². The molecule has 8 nitrogen and oxygen atoms in total. The van der Waals surface area contributed by atoms with Crippen LogP contribution in [0.3, 0.4) is 0 Å². The predicted molar refractivity (Wildman–Crippen MR) is 104 cm³/mol. The van der Waals surface area contributed by atoms with Crippen LogP contribution in [0.25, 0.3) is 11.4 Å². The Hall–Kier alpha value is -3.42. The lowest BCUT2D eigenvalue weighted by molar-refractivity contribution is 0.0994. The molecule has 0 saturated carbocycles. The molecule has 0 saturated heterocycles. The zero-order valence-corrected chi connectivity index (χ0v) is 15.5. The van der Waals surface area contributed by atoms with Crippen molar-refractivity contribution in [3.8, 4) is 11.4 Å². The lowest BCUT2D eigenvalue weighted by Gasteiger charge is -2.17. The molecule has 8 heteroatoms. The molecule has 1 aliphatic carbocycles. The van der Waals surface area contributed by atoms with Crippen molar-refractivity contribution in [3.05, 3.63) is 47.3 Å². The minimum atomic E-state index is -0.510. The van der Waals surface area contributed by atoms with Crippen molar-refractivity contribution in [1.29, 1.82) is 0 Å². The van der Waals surface area contributed by atoms with Gasteiger partial charge in [-0.25, -0.2) is 9.97 Å². The van der Waals surface area contributed by atoms with Gasteiger partial charge in [-0.15, -0.1) is 0 Å². The van der Waals surface area contributed by atoms with Gasteiger partial charge in [0.1, 0.15) is 0 Å². The summed E-state index contributed by atoms with van der Waals surface area (Å²) >= 11 is 0. The molecule has 0 aliphatic heterocycles. The first-order chi connectivity index (χ1) is 12.9. The summed E-state index contributed by atoms with van der Waals surface area (Å²) < 4.78 is 1.68. The van der Waals surface area contributed by atoms with E-state index < -0.39 is 5.91 Å². The Balaban J connectivity index is 1.69. The Bertz CT molecular complexity index is 1020. The van der Waals surface area contributed by atoms with Crippen molar-refractivity contribution in [2.45, 2.75) is 12.8 Å². The third-order valence-electron chi connectivity index (χ3n) is 4.75. The van der Waals surface area contributed by atoms with Gasteiger partial charge in [-0.2, -0.15) is 5.10 Å². The highest BCUT2D eigenvalue weighted by molar-refractivity contribution is 5.94. The number of anilines is 3. The highest BCUT2D eigenvalue weighted by Crippen LogP contribution is 2.34. The van der Waals surface area contributed by atoms with E-state index in [4.69, 9.17) is 10.7 Å². The van der Waals surface area contributed by atoms with E-state index in [0.717, 1.165) is 40.3 Å². The van der Waals surface area contributed by atoms with Crippen LogP contribution in [0.4, 0.5) is 17.3 Å². The van der Waals surface area contributed by atoms with E-state index in [0.29, 0.717) is 18.1 Å². The van der Waals surface area contributed by atoms with E-state index in [1.165, 1.54) is 0 Å². The fourth-order valence-corrected chi connectivity index (χ4v) is 3.39. The molecule has 27 heavy (non-hydrogen) atoms. The highest BCUT2D eigenvalue weighted by Gasteiger charge is 2.27. The smallest absolute Gasteiger partial charge is 0.269 e. The maximum absolute atomic E-state index is 11.7. The van der Waals surface area contributed by atoms with Crippen LogP contribution in [0, 0.1) is 0 Å². The van der Waals surface area contributed by atoms with Crippen LogP contribution < -0.4 is 16.0 Å². The summed E-state index contributed by atoms with van der Waals surface area (Å²) in [5.41, 5.74) is 11.3. The summed E-state index contributed by atoms with van der Waals surface area (Å²) in [6.07, 6.45) is 3.29. The summed E-state index contributed by atoms with van der Waals surface area (Å²) in [5.74, 6) is -0.00952. The lowest BCUT2D eigenvalue weighted by Crippen LogP contribution is -2.16. The molecule has 4 rings (SSSR count). The quantitative estimate of drug-likeness (QED) is 0.734. The molecular formula is C19H21N7O. The molecule has 1 amide bonds.